The molecule has 1 aliphatic carbocycles. The van der Waals surface area contributed by atoms with Crippen LogP contribution in [0.5, 0.6) is 0 Å². The van der Waals surface area contributed by atoms with E-state index in [4.69, 9.17) is 11.6 Å². The maximum absolute atomic E-state index is 14.0. The normalized spacial score (nSPS) is 17.8. The molecule has 6 rings (SSSR count). The zero-order chi connectivity index (χ0) is 25.7. The van der Waals surface area contributed by atoms with E-state index in [1.54, 1.807) is 6.07 Å². The van der Waals surface area contributed by atoms with Crippen LogP contribution >= 0.6 is 34.7 Å². The van der Waals surface area contributed by atoms with E-state index in [2.05, 4.69) is 20.6 Å². The number of alkyl halides is 3. The van der Waals surface area contributed by atoms with Crippen LogP contribution in [-0.2, 0) is 19.1 Å². The van der Waals surface area contributed by atoms with Crippen molar-refractivity contribution in [2.75, 3.05) is 30.7 Å². The molecule has 2 aliphatic heterocycles. The van der Waals surface area contributed by atoms with Gasteiger partial charge in [0, 0.05) is 36.5 Å². The first-order valence-corrected chi connectivity index (χ1v) is 14.2. The highest BCUT2D eigenvalue weighted by atomic mass is 35.5. The summed E-state index contributed by atoms with van der Waals surface area (Å²) in [5.41, 5.74) is 1.56. The summed E-state index contributed by atoms with van der Waals surface area (Å²) in [6.07, 6.45) is -0.794. The first-order valence-electron chi connectivity index (χ1n) is 12.1. The average Bonchev–Trinajstić information content (AvgIpc) is 3.61. The molecule has 12 heteroatoms. The predicted octanol–water partition coefficient (Wildman–Crippen LogP) is 6.22. The molecule has 6 nitrogen and oxygen atoms in total. The summed E-state index contributed by atoms with van der Waals surface area (Å²) in [6, 6.07) is 5.41. The molecule has 2 aromatic heterocycles. The number of hydrogen-bond acceptors (Lipinski definition) is 7. The van der Waals surface area contributed by atoms with Gasteiger partial charge in [0.1, 0.15) is 10.4 Å². The molecule has 3 aliphatic rings. The van der Waals surface area contributed by atoms with Crippen molar-refractivity contribution < 1.29 is 18.0 Å². The number of aromatic nitrogens is 2. The zero-order valence-corrected chi connectivity index (χ0v) is 22.0. The van der Waals surface area contributed by atoms with Crippen molar-refractivity contribution in [1.82, 2.24) is 20.2 Å². The maximum Gasteiger partial charge on any atom is 0.420 e. The van der Waals surface area contributed by atoms with Gasteiger partial charge >= 0.3 is 6.18 Å². The topological polar surface area (TPSA) is 70.1 Å². The Morgan fingerprint density at radius 1 is 1.22 bits per heavy atom. The molecule has 194 valence electrons. The third-order valence-corrected chi connectivity index (χ3v) is 9.31. The van der Waals surface area contributed by atoms with Gasteiger partial charge in [-0.05, 0) is 61.1 Å². The van der Waals surface area contributed by atoms with Gasteiger partial charge in [-0.3, -0.25) is 4.79 Å². The van der Waals surface area contributed by atoms with Crippen LogP contribution in [0, 0.1) is 5.92 Å². The van der Waals surface area contributed by atoms with Crippen molar-refractivity contribution >= 4 is 52.2 Å². The van der Waals surface area contributed by atoms with Gasteiger partial charge in [0.15, 0.2) is 0 Å². The van der Waals surface area contributed by atoms with Crippen LogP contribution < -0.4 is 10.6 Å². The Bertz CT molecular complexity index is 1380. The summed E-state index contributed by atoms with van der Waals surface area (Å²) >= 11 is 9.02. The number of rotatable bonds is 5. The summed E-state index contributed by atoms with van der Waals surface area (Å²) in [6.45, 7) is 2.91. The molecule has 1 saturated carbocycles. The number of carbonyl (C=O) groups excluding carboxylic acids is 1. The van der Waals surface area contributed by atoms with E-state index in [-0.39, 0.29) is 17.5 Å². The molecular formula is C25H23ClF3N5OS2. The number of nitrogens with zero attached hydrogens (tertiary/aromatic N) is 3. The number of amides is 1. The fraction of sp³-hybridized carbons (Fsp3) is 0.400. The first kappa shape index (κ1) is 25.0. The van der Waals surface area contributed by atoms with Gasteiger partial charge in [0.2, 0.25) is 5.95 Å². The Kier molecular flexibility index (Phi) is 6.58. The molecule has 0 bridgehead atoms. The minimum Gasteiger partial charge on any atom is -0.337 e. The number of nitrogens with one attached hydrogen (secondary N) is 2. The fourth-order valence-electron chi connectivity index (χ4n) is 4.60. The van der Waals surface area contributed by atoms with Crippen molar-refractivity contribution in [2.45, 2.75) is 36.9 Å². The molecule has 0 unspecified atom stereocenters. The van der Waals surface area contributed by atoms with Gasteiger partial charge in [0.25, 0.3) is 5.91 Å². The van der Waals surface area contributed by atoms with Gasteiger partial charge < -0.3 is 15.5 Å². The largest absolute Gasteiger partial charge is 0.420 e. The number of anilines is 2. The van der Waals surface area contributed by atoms with Gasteiger partial charge in [-0.1, -0.05) is 11.6 Å². The Morgan fingerprint density at radius 2 is 2.05 bits per heavy atom. The van der Waals surface area contributed by atoms with Crippen LogP contribution in [0.2, 0.25) is 5.02 Å². The second-order valence-corrected chi connectivity index (χ2v) is 12.0. The second-order valence-electron chi connectivity index (χ2n) is 9.45. The summed E-state index contributed by atoms with van der Waals surface area (Å²) in [4.78, 5) is 24.8. The number of carbonyl (C=O) groups is 1. The molecule has 4 heterocycles. The van der Waals surface area contributed by atoms with E-state index in [9.17, 15) is 18.0 Å². The number of thioether (sulfide) groups is 1. The van der Waals surface area contributed by atoms with Crippen LogP contribution in [0.15, 0.2) is 29.3 Å². The number of hydrogen-bond donors (Lipinski definition) is 2. The molecule has 0 radical (unpaired) electrons. The Morgan fingerprint density at radius 3 is 2.84 bits per heavy atom. The predicted molar refractivity (Wildman–Crippen MR) is 140 cm³/mol. The lowest BCUT2D eigenvalue weighted by molar-refractivity contribution is -0.137. The number of fused-ring (bicyclic) bond motifs is 2. The first-order chi connectivity index (χ1) is 17.8. The minimum atomic E-state index is -4.65. The lowest BCUT2D eigenvalue weighted by Gasteiger charge is -2.20. The van der Waals surface area contributed by atoms with Crippen molar-refractivity contribution in [3.05, 3.63) is 51.0 Å². The molecule has 0 spiro atoms. The van der Waals surface area contributed by atoms with Crippen LogP contribution in [0.3, 0.4) is 0 Å². The van der Waals surface area contributed by atoms with E-state index in [1.807, 2.05) is 17.0 Å². The summed E-state index contributed by atoms with van der Waals surface area (Å²) in [5, 5.41) is 6.74. The molecule has 1 fully saturated rings. The fourth-order valence-corrected chi connectivity index (χ4v) is 7.19. The standard InChI is InChI=1S/C25H23ClF3N5OS2/c26-17-7-15-10-30-4-3-14(15)8-18(17)32-24-31-11-16(25(27,28)29)21(33-24)19-9-20-22(37-19)23(35)34(5-6-36-20)12-13-1-2-13/h7-9,11,13,30H,1-6,10,12H2,(H,31,32,33). The van der Waals surface area contributed by atoms with E-state index in [0.717, 1.165) is 54.5 Å². The Balaban J connectivity index is 1.36. The molecule has 0 saturated heterocycles. The van der Waals surface area contributed by atoms with E-state index < -0.39 is 11.7 Å². The Hall–Kier alpha value is -2.34. The molecule has 37 heavy (non-hydrogen) atoms. The summed E-state index contributed by atoms with van der Waals surface area (Å²) < 4.78 is 41.9. The van der Waals surface area contributed by atoms with Gasteiger partial charge in [-0.15, -0.1) is 23.1 Å². The smallest absolute Gasteiger partial charge is 0.337 e. The van der Waals surface area contributed by atoms with Crippen molar-refractivity contribution in [3.8, 4) is 10.6 Å². The number of benzene rings is 1. The minimum absolute atomic E-state index is 0.0109. The van der Waals surface area contributed by atoms with Gasteiger partial charge in [0.05, 0.1) is 21.3 Å². The average molecular weight is 566 g/mol. The third-order valence-electron chi connectivity index (χ3n) is 6.72. The maximum atomic E-state index is 14.0. The highest BCUT2D eigenvalue weighted by Crippen LogP contribution is 2.44. The van der Waals surface area contributed by atoms with Crippen LogP contribution in [0.4, 0.5) is 24.8 Å². The second kappa shape index (κ2) is 9.76. The molecule has 3 aromatic rings. The molecule has 2 N–H and O–H groups in total. The molecular weight excluding hydrogens is 543 g/mol. The van der Waals surface area contributed by atoms with Crippen molar-refractivity contribution in [3.63, 3.8) is 0 Å². The number of halogens is 4. The van der Waals surface area contributed by atoms with Crippen LogP contribution in [0.25, 0.3) is 10.6 Å². The lowest BCUT2D eigenvalue weighted by Crippen LogP contribution is -2.33. The van der Waals surface area contributed by atoms with E-state index in [0.29, 0.717) is 56.7 Å². The van der Waals surface area contributed by atoms with Crippen molar-refractivity contribution in [1.29, 1.82) is 0 Å². The van der Waals surface area contributed by atoms with Crippen LogP contribution in [0.1, 0.15) is 39.2 Å². The highest BCUT2D eigenvalue weighted by molar-refractivity contribution is 7.99. The van der Waals surface area contributed by atoms with E-state index in [1.165, 1.54) is 11.8 Å². The van der Waals surface area contributed by atoms with E-state index >= 15 is 0 Å². The monoisotopic (exact) mass is 565 g/mol. The van der Waals surface area contributed by atoms with Crippen LogP contribution in [-0.4, -0.2) is 46.2 Å². The zero-order valence-electron chi connectivity index (χ0n) is 19.6. The molecule has 1 aromatic carbocycles. The van der Waals surface area contributed by atoms with Gasteiger partial charge in [-0.25, -0.2) is 9.97 Å². The number of thiophene rings is 1. The molecule has 1 amide bonds. The lowest BCUT2D eigenvalue weighted by atomic mass is 10.0. The Labute approximate surface area is 225 Å². The molecule has 0 atom stereocenters. The quantitative estimate of drug-likeness (QED) is 0.382. The van der Waals surface area contributed by atoms with Gasteiger partial charge in [-0.2, -0.15) is 13.2 Å². The summed E-state index contributed by atoms with van der Waals surface area (Å²) in [5.74, 6) is 1.14. The highest BCUT2D eigenvalue weighted by Gasteiger charge is 2.37. The van der Waals surface area contributed by atoms with Crippen molar-refractivity contribution in [2.24, 2.45) is 5.92 Å². The summed E-state index contributed by atoms with van der Waals surface area (Å²) in [7, 11) is 0. The SMILES string of the molecule is O=C1c2sc(-c3nc(Nc4cc5c(cc4Cl)CNCC5)ncc3C(F)(F)F)cc2SCCN1CC1CC1. The third kappa shape index (κ3) is 5.19.